The molecule has 1 atom stereocenters. The molecule has 5 nitrogen and oxygen atoms in total. The SMILES string of the molecule is Cc1ccc(NC(=O)C(C)Sc2nc3sc(-c4ccccc4)cc3c(=O)n2C)c(C)c1. The van der Waals surface area contributed by atoms with Crippen molar-refractivity contribution in [2.75, 3.05) is 5.32 Å². The topological polar surface area (TPSA) is 64.0 Å². The van der Waals surface area contributed by atoms with Gasteiger partial charge in [-0.25, -0.2) is 4.98 Å². The number of rotatable bonds is 5. The second kappa shape index (κ2) is 8.69. The quantitative estimate of drug-likeness (QED) is 0.327. The van der Waals surface area contributed by atoms with Crippen LogP contribution in [0.25, 0.3) is 20.7 Å². The van der Waals surface area contributed by atoms with E-state index in [0.717, 1.165) is 27.3 Å². The summed E-state index contributed by atoms with van der Waals surface area (Å²) >= 11 is 2.78. The summed E-state index contributed by atoms with van der Waals surface area (Å²) < 4.78 is 1.52. The fourth-order valence-corrected chi connectivity index (χ4v) is 5.25. The molecular weight excluding hydrogens is 426 g/mol. The maximum atomic E-state index is 12.9. The number of nitrogens with zero attached hydrogens (tertiary/aromatic N) is 2. The van der Waals surface area contributed by atoms with E-state index in [1.54, 1.807) is 7.05 Å². The molecule has 7 heteroatoms. The van der Waals surface area contributed by atoms with E-state index >= 15 is 0 Å². The first-order valence-electron chi connectivity index (χ1n) is 9.94. The van der Waals surface area contributed by atoms with Crippen molar-refractivity contribution in [3.8, 4) is 10.4 Å². The van der Waals surface area contributed by atoms with Crippen LogP contribution in [0.5, 0.6) is 0 Å². The van der Waals surface area contributed by atoms with Gasteiger partial charge < -0.3 is 5.32 Å². The minimum Gasteiger partial charge on any atom is -0.325 e. The van der Waals surface area contributed by atoms with Gasteiger partial charge in [0.15, 0.2) is 5.16 Å². The summed E-state index contributed by atoms with van der Waals surface area (Å²) in [5.41, 5.74) is 3.92. The Labute approximate surface area is 189 Å². The number of hydrogen-bond donors (Lipinski definition) is 1. The van der Waals surface area contributed by atoms with Crippen LogP contribution < -0.4 is 10.9 Å². The van der Waals surface area contributed by atoms with Crippen LogP contribution in [-0.4, -0.2) is 20.7 Å². The summed E-state index contributed by atoms with van der Waals surface area (Å²) in [6, 6.07) is 17.8. The van der Waals surface area contributed by atoms with Gasteiger partial charge in [-0.3, -0.25) is 14.2 Å². The molecule has 0 aliphatic carbocycles. The number of carbonyl (C=O) groups is 1. The van der Waals surface area contributed by atoms with Gasteiger partial charge in [0.2, 0.25) is 5.91 Å². The minimum absolute atomic E-state index is 0.104. The molecule has 2 aromatic carbocycles. The molecule has 0 saturated carbocycles. The highest BCUT2D eigenvalue weighted by Crippen LogP contribution is 2.32. The number of amides is 1. The van der Waals surface area contributed by atoms with Gasteiger partial charge in [-0.1, -0.05) is 59.8 Å². The van der Waals surface area contributed by atoms with Crippen LogP contribution in [0.3, 0.4) is 0 Å². The van der Waals surface area contributed by atoms with Crippen molar-refractivity contribution in [2.45, 2.75) is 31.2 Å². The summed E-state index contributed by atoms with van der Waals surface area (Å²) in [5, 5.41) is 3.70. The summed E-state index contributed by atoms with van der Waals surface area (Å²) in [6.45, 7) is 5.82. The smallest absolute Gasteiger partial charge is 0.262 e. The van der Waals surface area contributed by atoms with E-state index in [9.17, 15) is 9.59 Å². The number of hydrogen-bond acceptors (Lipinski definition) is 5. The zero-order chi connectivity index (χ0) is 22.1. The second-order valence-corrected chi connectivity index (χ2v) is 9.86. The number of carbonyl (C=O) groups excluding carboxylic acids is 1. The molecule has 0 spiro atoms. The number of fused-ring (bicyclic) bond motifs is 1. The van der Waals surface area contributed by atoms with Crippen molar-refractivity contribution < 1.29 is 4.79 Å². The number of aryl methyl sites for hydroxylation is 2. The molecule has 2 aromatic heterocycles. The average Bonchev–Trinajstić information content (AvgIpc) is 3.18. The lowest BCUT2D eigenvalue weighted by Crippen LogP contribution is -2.25. The van der Waals surface area contributed by atoms with Gasteiger partial charge in [0.05, 0.1) is 10.6 Å². The highest BCUT2D eigenvalue weighted by molar-refractivity contribution is 8.00. The van der Waals surface area contributed by atoms with Crippen molar-refractivity contribution in [3.05, 3.63) is 76.1 Å². The number of anilines is 1. The lowest BCUT2D eigenvalue weighted by Gasteiger charge is -2.15. The molecule has 4 aromatic rings. The summed E-state index contributed by atoms with van der Waals surface area (Å²) in [7, 11) is 1.70. The van der Waals surface area contributed by atoms with Crippen LogP contribution in [0.2, 0.25) is 0 Å². The van der Waals surface area contributed by atoms with Gasteiger partial charge in [-0.2, -0.15) is 0 Å². The van der Waals surface area contributed by atoms with E-state index in [0.29, 0.717) is 15.4 Å². The van der Waals surface area contributed by atoms with Crippen LogP contribution in [0, 0.1) is 13.8 Å². The zero-order valence-corrected chi connectivity index (χ0v) is 19.4. The molecule has 4 rings (SSSR count). The Kier molecular flexibility index (Phi) is 5.98. The third-order valence-corrected chi connectivity index (χ3v) is 7.30. The van der Waals surface area contributed by atoms with E-state index in [2.05, 4.69) is 5.32 Å². The van der Waals surface area contributed by atoms with E-state index in [1.165, 1.54) is 27.7 Å². The molecule has 31 heavy (non-hydrogen) atoms. The lowest BCUT2D eigenvalue weighted by molar-refractivity contribution is -0.115. The largest absolute Gasteiger partial charge is 0.325 e. The highest BCUT2D eigenvalue weighted by atomic mass is 32.2. The van der Waals surface area contributed by atoms with E-state index < -0.39 is 5.25 Å². The summed E-state index contributed by atoms with van der Waals surface area (Å²) in [6.07, 6.45) is 0. The van der Waals surface area contributed by atoms with Crippen molar-refractivity contribution >= 4 is 44.9 Å². The molecule has 2 heterocycles. The first kappa shape index (κ1) is 21.3. The Hall–Kier alpha value is -2.90. The maximum Gasteiger partial charge on any atom is 0.262 e. The summed E-state index contributed by atoms with van der Waals surface area (Å²) in [4.78, 5) is 32.1. The third kappa shape index (κ3) is 4.43. The van der Waals surface area contributed by atoms with Crippen LogP contribution in [-0.2, 0) is 11.8 Å². The van der Waals surface area contributed by atoms with E-state index in [1.807, 2.05) is 75.4 Å². The Morgan fingerprint density at radius 1 is 1.13 bits per heavy atom. The molecule has 0 fully saturated rings. The first-order valence-corrected chi connectivity index (χ1v) is 11.6. The molecule has 0 saturated heterocycles. The lowest BCUT2D eigenvalue weighted by atomic mass is 10.1. The predicted molar refractivity (Wildman–Crippen MR) is 130 cm³/mol. The van der Waals surface area contributed by atoms with Crippen LogP contribution in [0.15, 0.2) is 64.5 Å². The Balaban J connectivity index is 1.59. The highest BCUT2D eigenvalue weighted by Gasteiger charge is 2.20. The zero-order valence-electron chi connectivity index (χ0n) is 17.8. The fourth-order valence-electron chi connectivity index (χ4n) is 3.30. The minimum atomic E-state index is -0.412. The van der Waals surface area contributed by atoms with Crippen molar-refractivity contribution in [1.82, 2.24) is 9.55 Å². The van der Waals surface area contributed by atoms with Crippen molar-refractivity contribution in [1.29, 1.82) is 0 Å². The van der Waals surface area contributed by atoms with Crippen LogP contribution >= 0.6 is 23.1 Å². The fraction of sp³-hybridized carbons (Fsp3) is 0.208. The average molecular weight is 450 g/mol. The van der Waals surface area contributed by atoms with Crippen LogP contribution in [0.1, 0.15) is 18.1 Å². The molecular formula is C24H23N3O2S2. The van der Waals surface area contributed by atoms with Crippen LogP contribution in [0.4, 0.5) is 5.69 Å². The molecule has 1 amide bonds. The Morgan fingerprint density at radius 2 is 1.87 bits per heavy atom. The number of nitrogens with one attached hydrogen (secondary N) is 1. The maximum absolute atomic E-state index is 12.9. The molecule has 0 bridgehead atoms. The van der Waals surface area contributed by atoms with E-state index in [-0.39, 0.29) is 11.5 Å². The van der Waals surface area contributed by atoms with Crippen molar-refractivity contribution in [3.63, 3.8) is 0 Å². The summed E-state index contributed by atoms with van der Waals surface area (Å²) in [5.74, 6) is -0.123. The van der Waals surface area contributed by atoms with Gasteiger partial charge in [-0.05, 0) is 44.0 Å². The first-order chi connectivity index (χ1) is 14.8. The number of thiophene rings is 1. The third-order valence-electron chi connectivity index (χ3n) is 5.08. The monoisotopic (exact) mass is 449 g/mol. The molecule has 158 valence electrons. The molecule has 1 unspecified atom stereocenters. The standard InChI is InChI=1S/C24H23N3O2S2/c1-14-10-11-19(15(2)12-14)25-21(28)16(3)30-24-26-22-18(23(29)27(24)4)13-20(31-22)17-8-6-5-7-9-17/h5-13,16H,1-4H3,(H,25,28). The normalized spacial score (nSPS) is 12.1. The molecule has 0 aliphatic rings. The van der Waals surface area contributed by atoms with Gasteiger partial charge in [0.1, 0.15) is 4.83 Å². The Morgan fingerprint density at radius 3 is 2.58 bits per heavy atom. The van der Waals surface area contributed by atoms with Gasteiger partial charge in [0, 0.05) is 17.6 Å². The number of benzene rings is 2. The molecule has 0 radical (unpaired) electrons. The van der Waals surface area contributed by atoms with Gasteiger partial charge >= 0.3 is 0 Å². The van der Waals surface area contributed by atoms with Gasteiger partial charge in [-0.15, -0.1) is 11.3 Å². The Bertz CT molecular complexity index is 1330. The molecule has 0 aliphatic heterocycles. The second-order valence-electron chi connectivity index (χ2n) is 7.52. The van der Waals surface area contributed by atoms with Gasteiger partial charge in [0.25, 0.3) is 5.56 Å². The number of aromatic nitrogens is 2. The number of thioether (sulfide) groups is 1. The predicted octanol–water partition coefficient (Wildman–Crippen LogP) is 5.40. The van der Waals surface area contributed by atoms with Crippen molar-refractivity contribution in [2.24, 2.45) is 7.05 Å². The molecule has 1 N–H and O–H groups in total. The van der Waals surface area contributed by atoms with E-state index in [4.69, 9.17) is 4.98 Å².